The standard InChI is InChI=1S/C25H22ClNO3/c26-20-14-12-19(13-15-20)23(28)17-25(30)21-10-4-5-11-22(21)27(24(25)29)16-6-9-18-7-2-1-3-8-18/h1-5,7-8,10-15,30H,6,9,16-17H2/t25-/m1/s1. The van der Waals surface area contributed by atoms with Crippen LogP contribution in [0.15, 0.2) is 78.9 Å². The van der Waals surface area contributed by atoms with Crippen LogP contribution >= 0.6 is 11.6 Å². The quantitative estimate of drug-likeness (QED) is 0.560. The molecule has 0 unspecified atom stereocenters. The summed E-state index contributed by atoms with van der Waals surface area (Å²) in [5, 5.41) is 11.9. The first kappa shape index (κ1) is 20.3. The molecule has 0 radical (unpaired) electrons. The van der Waals surface area contributed by atoms with Crippen LogP contribution in [-0.4, -0.2) is 23.3 Å². The second-order valence-corrected chi connectivity index (χ2v) is 7.97. The third-order valence-electron chi connectivity index (χ3n) is 5.51. The molecule has 0 saturated heterocycles. The van der Waals surface area contributed by atoms with E-state index in [9.17, 15) is 14.7 Å². The van der Waals surface area contributed by atoms with Crippen molar-refractivity contribution in [1.82, 2.24) is 0 Å². The molecule has 5 heteroatoms. The maximum Gasteiger partial charge on any atom is 0.264 e. The van der Waals surface area contributed by atoms with E-state index < -0.39 is 11.5 Å². The van der Waals surface area contributed by atoms with E-state index >= 15 is 0 Å². The highest BCUT2D eigenvalue weighted by Gasteiger charge is 2.50. The molecule has 4 nitrogen and oxygen atoms in total. The zero-order valence-corrected chi connectivity index (χ0v) is 17.2. The molecule has 30 heavy (non-hydrogen) atoms. The highest BCUT2D eigenvalue weighted by atomic mass is 35.5. The third-order valence-corrected chi connectivity index (χ3v) is 5.76. The van der Waals surface area contributed by atoms with E-state index in [2.05, 4.69) is 12.1 Å². The number of Topliss-reactive ketones (excluding diaryl/α,β-unsaturated/α-hetero) is 1. The van der Waals surface area contributed by atoms with Gasteiger partial charge in [0.15, 0.2) is 11.4 Å². The number of anilines is 1. The average Bonchev–Trinajstić information content (AvgIpc) is 2.97. The molecule has 3 aromatic rings. The first-order valence-corrected chi connectivity index (χ1v) is 10.3. The highest BCUT2D eigenvalue weighted by molar-refractivity contribution is 6.30. The molecule has 0 aliphatic carbocycles. The average molecular weight is 420 g/mol. The van der Waals surface area contributed by atoms with Crippen molar-refractivity contribution >= 4 is 29.0 Å². The molecule has 1 heterocycles. The van der Waals surface area contributed by atoms with Crippen LogP contribution < -0.4 is 4.90 Å². The predicted octanol–water partition coefficient (Wildman–Crippen LogP) is 4.78. The highest BCUT2D eigenvalue weighted by Crippen LogP contribution is 2.43. The number of aryl methyl sites for hydroxylation is 1. The predicted molar refractivity (Wildman–Crippen MR) is 118 cm³/mol. The SMILES string of the molecule is O=C(C[C@]1(O)C(=O)N(CCCc2ccccc2)c2ccccc21)c1ccc(Cl)cc1. The van der Waals surface area contributed by atoms with E-state index in [0.717, 1.165) is 12.8 Å². The Hall–Kier alpha value is -2.95. The van der Waals surface area contributed by atoms with Gasteiger partial charge in [-0.2, -0.15) is 0 Å². The number of carbonyl (C=O) groups is 2. The number of hydrogen-bond donors (Lipinski definition) is 1. The minimum absolute atomic E-state index is 0.302. The van der Waals surface area contributed by atoms with E-state index in [4.69, 9.17) is 11.6 Å². The number of benzene rings is 3. The van der Waals surface area contributed by atoms with Gasteiger partial charge in [0.1, 0.15) is 0 Å². The lowest BCUT2D eigenvalue weighted by atomic mass is 9.88. The second kappa shape index (κ2) is 8.42. The largest absolute Gasteiger partial charge is 0.375 e. The molecule has 3 aromatic carbocycles. The van der Waals surface area contributed by atoms with Gasteiger partial charge in [-0.25, -0.2) is 0 Å². The Morgan fingerprint density at radius 1 is 0.933 bits per heavy atom. The van der Waals surface area contributed by atoms with E-state index in [1.54, 1.807) is 41.3 Å². The zero-order valence-electron chi connectivity index (χ0n) is 16.4. The lowest BCUT2D eigenvalue weighted by molar-refractivity contribution is -0.135. The van der Waals surface area contributed by atoms with Crippen LogP contribution in [-0.2, 0) is 16.8 Å². The van der Waals surface area contributed by atoms with Crippen LogP contribution in [0.2, 0.25) is 5.02 Å². The summed E-state index contributed by atoms with van der Waals surface area (Å²) in [5.74, 6) is -0.748. The number of fused-ring (bicyclic) bond motifs is 1. The van der Waals surface area contributed by atoms with Crippen LogP contribution in [0.1, 0.15) is 34.3 Å². The molecular weight excluding hydrogens is 398 g/mol. The molecule has 1 atom stereocenters. The van der Waals surface area contributed by atoms with E-state index in [-0.39, 0.29) is 12.2 Å². The van der Waals surface area contributed by atoms with Crippen molar-refractivity contribution in [2.24, 2.45) is 0 Å². The summed E-state index contributed by atoms with van der Waals surface area (Å²) in [7, 11) is 0. The van der Waals surface area contributed by atoms with Crippen molar-refractivity contribution in [2.75, 3.05) is 11.4 Å². The normalized spacial score (nSPS) is 17.8. The van der Waals surface area contributed by atoms with Crippen molar-refractivity contribution in [2.45, 2.75) is 24.9 Å². The fraction of sp³-hybridized carbons (Fsp3) is 0.200. The van der Waals surface area contributed by atoms with E-state index in [0.29, 0.717) is 28.4 Å². The van der Waals surface area contributed by atoms with Gasteiger partial charge < -0.3 is 10.0 Å². The monoisotopic (exact) mass is 419 g/mol. The molecule has 4 rings (SSSR count). The maximum atomic E-state index is 13.3. The summed E-state index contributed by atoms with van der Waals surface area (Å²) in [5.41, 5.74) is 0.908. The Balaban J connectivity index is 1.54. The summed E-state index contributed by atoms with van der Waals surface area (Å²) in [6.07, 6.45) is 1.28. The summed E-state index contributed by atoms with van der Waals surface area (Å²) < 4.78 is 0. The number of para-hydroxylation sites is 1. The third kappa shape index (κ3) is 3.89. The fourth-order valence-corrected chi connectivity index (χ4v) is 4.08. The minimum Gasteiger partial charge on any atom is -0.375 e. The van der Waals surface area contributed by atoms with Crippen LogP contribution in [0.5, 0.6) is 0 Å². The Kier molecular flexibility index (Phi) is 5.71. The van der Waals surface area contributed by atoms with Crippen molar-refractivity contribution in [3.8, 4) is 0 Å². The summed E-state index contributed by atoms with van der Waals surface area (Å²) in [6, 6.07) is 23.7. The molecular formula is C25H22ClNO3. The van der Waals surface area contributed by atoms with E-state index in [1.165, 1.54) is 5.56 Å². The number of carbonyl (C=O) groups excluding carboxylic acids is 2. The van der Waals surface area contributed by atoms with Crippen LogP contribution in [0, 0.1) is 0 Å². The first-order chi connectivity index (χ1) is 14.5. The van der Waals surface area contributed by atoms with Crippen molar-refractivity contribution in [3.63, 3.8) is 0 Å². The molecule has 0 saturated carbocycles. The van der Waals surface area contributed by atoms with Gasteiger partial charge >= 0.3 is 0 Å². The number of aliphatic hydroxyl groups is 1. The second-order valence-electron chi connectivity index (χ2n) is 7.53. The topological polar surface area (TPSA) is 57.6 Å². The zero-order chi connectivity index (χ0) is 21.1. The molecule has 0 bridgehead atoms. The number of rotatable bonds is 7. The van der Waals surface area contributed by atoms with Gasteiger partial charge in [-0.1, -0.05) is 60.1 Å². The van der Waals surface area contributed by atoms with Gasteiger partial charge in [0, 0.05) is 22.7 Å². The lowest BCUT2D eigenvalue weighted by Gasteiger charge is -2.23. The number of amides is 1. The van der Waals surface area contributed by atoms with Gasteiger partial charge in [0.05, 0.1) is 12.1 Å². The number of nitrogens with zero attached hydrogens (tertiary/aromatic N) is 1. The van der Waals surface area contributed by atoms with Gasteiger partial charge in [-0.15, -0.1) is 0 Å². The molecule has 152 valence electrons. The molecule has 1 N–H and O–H groups in total. The van der Waals surface area contributed by atoms with Gasteiger partial charge in [0.25, 0.3) is 5.91 Å². The van der Waals surface area contributed by atoms with E-state index in [1.807, 2.05) is 30.3 Å². The van der Waals surface area contributed by atoms with Crippen molar-refractivity contribution in [3.05, 3.63) is 101 Å². The molecule has 0 spiro atoms. The van der Waals surface area contributed by atoms with Crippen LogP contribution in [0.3, 0.4) is 0 Å². The Morgan fingerprint density at radius 2 is 1.60 bits per heavy atom. The summed E-state index contributed by atoms with van der Waals surface area (Å²) >= 11 is 5.89. The Bertz CT molecular complexity index is 1070. The molecule has 1 aliphatic rings. The van der Waals surface area contributed by atoms with Crippen molar-refractivity contribution in [1.29, 1.82) is 0 Å². The summed E-state index contributed by atoms with van der Waals surface area (Å²) in [6.45, 7) is 0.474. The number of ketones is 1. The van der Waals surface area contributed by atoms with Gasteiger partial charge in [-0.3, -0.25) is 9.59 Å². The smallest absolute Gasteiger partial charge is 0.264 e. The van der Waals surface area contributed by atoms with Crippen LogP contribution in [0.4, 0.5) is 5.69 Å². The molecule has 1 amide bonds. The van der Waals surface area contributed by atoms with Gasteiger partial charge in [-0.05, 0) is 48.7 Å². The first-order valence-electron chi connectivity index (χ1n) is 9.95. The number of hydrogen-bond acceptors (Lipinski definition) is 3. The molecule has 1 aliphatic heterocycles. The lowest BCUT2D eigenvalue weighted by Crippen LogP contribution is -2.42. The van der Waals surface area contributed by atoms with Gasteiger partial charge in [0.2, 0.25) is 0 Å². The fourth-order valence-electron chi connectivity index (χ4n) is 3.96. The minimum atomic E-state index is -1.86. The number of halogens is 1. The molecule has 0 aromatic heterocycles. The van der Waals surface area contributed by atoms with Crippen LogP contribution in [0.25, 0.3) is 0 Å². The Morgan fingerprint density at radius 3 is 2.33 bits per heavy atom. The summed E-state index contributed by atoms with van der Waals surface area (Å²) in [4.78, 5) is 27.7. The van der Waals surface area contributed by atoms with Crippen molar-refractivity contribution < 1.29 is 14.7 Å². The maximum absolute atomic E-state index is 13.3. The Labute approximate surface area is 180 Å². The molecule has 0 fully saturated rings.